The van der Waals surface area contributed by atoms with Crippen molar-refractivity contribution in [1.29, 1.82) is 0 Å². The van der Waals surface area contributed by atoms with E-state index in [2.05, 4.69) is 19.1 Å². The zero-order valence-electron chi connectivity index (χ0n) is 10.3. The number of fused-ring (bicyclic) bond motifs is 1. The van der Waals surface area contributed by atoms with Gasteiger partial charge in [0.1, 0.15) is 0 Å². The van der Waals surface area contributed by atoms with Gasteiger partial charge in [0.2, 0.25) is 0 Å². The summed E-state index contributed by atoms with van der Waals surface area (Å²) in [4.78, 5) is 14.3. The molecule has 0 saturated carbocycles. The number of carbonyl (C=O) groups is 1. The lowest BCUT2D eigenvalue weighted by Crippen LogP contribution is -2.27. The van der Waals surface area contributed by atoms with Gasteiger partial charge in [0.15, 0.2) is 0 Å². The molecule has 0 fully saturated rings. The molecule has 0 N–H and O–H groups in total. The van der Waals surface area contributed by atoms with Crippen molar-refractivity contribution >= 4 is 5.91 Å². The maximum absolute atomic E-state index is 12.3. The van der Waals surface area contributed by atoms with Gasteiger partial charge in [-0.25, -0.2) is 0 Å². The van der Waals surface area contributed by atoms with Crippen LogP contribution in [0.1, 0.15) is 34.5 Å². The molecule has 1 aliphatic heterocycles. The minimum Gasteiger partial charge on any atom is -0.328 e. The first kappa shape index (κ1) is 11.0. The normalized spacial score (nSPS) is 15.6. The van der Waals surface area contributed by atoms with Crippen LogP contribution in [0.4, 0.5) is 0 Å². The highest BCUT2D eigenvalue weighted by atomic mass is 16.2. The van der Waals surface area contributed by atoms with Gasteiger partial charge < -0.3 is 4.90 Å². The highest BCUT2D eigenvalue weighted by molar-refractivity contribution is 5.98. The minimum absolute atomic E-state index is 0.117. The van der Waals surface area contributed by atoms with Crippen LogP contribution in [0.2, 0.25) is 0 Å². The van der Waals surface area contributed by atoms with Gasteiger partial charge in [0, 0.05) is 12.1 Å². The van der Waals surface area contributed by atoms with E-state index in [4.69, 9.17) is 0 Å². The van der Waals surface area contributed by atoms with Gasteiger partial charge in [-0.1, -0.05) is 48.5 Å². The van der Waals surface area contributed by atoms with Crippen LogP contribution >= 0.6 is 0 Å². The molecule has 1 heterocycles. The van der Waals surface area contributed by atoms with E-state index in [1.807, 2.05) is 47.4 Å². The third-order valence-corrected chi connectivity index (χ3v) is 3.60. The average molecular weight is 237 g/mol. The second-order valence-corrected chi connectivity index (χ2v) is 4.68. The monoisotopic (exact) mass is 237 g/mol. The summed E-state index contributed by atoms with van der Waals surface area (Å²) in [6.07, 6.45) is 0. The number of hydrogen-bond donors (Lipinski definition) is 0. The van der Waals surface area contributed by atoms with Crippen LogP contribution in [-0.2, 0) is 6.54 Å². The van der Waals surface area contributed by atoms with Gasteiger partial charge in [-0.15, -0.1) is 0 Å². The van der Waals surface area contributed by atoms with E-state index >= 15 is 0 Å². The standard InChI is InChI=1S/C16H15NO/c1-12(13-7-3-2-4-8-13)17-11-14-9-5-6-10-15(14)16(17)18/h2-10,12H,11H2,1H3/t12-/m0/s1. The SMILES string of the molecule is C[C@@H](c1ccccc1)N1Cc2ccccc2C1=O. The van der Waals surface area contributed by atoms with Crippen LogP contribution in [0.3, 0.4) is 0 Å². The molecule has 0 unspecified atom stereocenters. The number of rotatable bonds is 2. The van der Waals surface area contributed by atoms with Crippen molar-refractivity contribution in [2.75, 3.05) is 0 Å². The van der Waals surface area contributed by atoms with Gasteiger partial charge in [0.05, 0.1) is 6.04 Å². The molecule has 0 aromatic heterocycles. The predicted octanol–water partition coefficient (Wildman–Crippen LogP) is 3.40. The summed E-state index contributed by atoms with van der Waals surface area (Å²) in [5.74, 6) is 0.141. The highest BCUT2D eigenvalue weighted by Gasteiger charge is 2.30. The summed E-state index contributed by atoms with van der Waals surface area (Å²) in [6, 6.07) is 18.1. The third-order valence-electron chi connectivity index (χ3n) is 3.60. The van der Waals surface area contributed by atoms with Crippen molar-refractivity contribution in [2.45, 2.75) is 19.5 Å². The summed E-state index contributed by atoms with van der Waals surface area (Å²) >= 11 is 0. The predicted molar refractivity (Wildman–Crippen MR) is 71.2 cm³/mol. The molecule has 1 aliphatic rings. The summed E-state index contributed by atoms with van der Waals surface area (Å²) < 4.78 is 0. The van der Waals surface area contributed by atoms with Crippen LogP contribution in [0.15, 0.2) is 54.6 Å². The van der Waals surface area contributed by atoms with Gasteiger partial charge in [0.25, 0.3) is 5.91 Å². The molecule has 1 amide bonds. The number of benzene rings is 2. The lowest BCUT2D eigenvalue weighted by molar-refractivity contribution is 0.0716. The van der Waals surface area contributed by atoms with E-state index in [1.54, 1.807) is 0 Å². The van der Waals surface area contributed by atoms with Crippen molar-refractivity contribution in [1.82, 2.24) is 4.90 Å². The first-order valence-corrected chi connectivity index (χ1v) is 6.21. The first-order chi connectivity index (χ1) is 8.77. The molecule has 3 rings (SSSR count). The fraction of sp³-hybridized carbons (Fsp3) is 0.188. The van der Waals surface area contributed by atoms with Crippen molar-refractivity contribution in [3.63, 3.8) is 0 Å². The second-order valence-electron chi connectivity index (χ2n) is 4.68. The highest BCUT2D eigenvalue weighted by Crippen LogP contribution is 2.30. The molecule has 0 aliphatic carbocycles. The van der Waals surface area contributed by atoms with Gasteiger partial charge in [-0.3, -0.25) is 4.79 Å². The fourth-order valence-corrected chi connectivity index (χ4v) is 2.50. The van der Waals surface area contributed by atoms with E-state index in [9.17, 15) is 4.79 Å². The van der Waals surface area contributed by atoms with Gasteiger partial charge in [-0.2, -0.15) is 0 Å². The Hall–Kier alpha value is -2.09. The molecule has 1 atom stereocenters. The topological polar surface area (TPSA) is 20.3 Å². The molecule has 2 nitrogen and oxygen atoms in total. The van der Waals surface area contributed by atoms with E-state index in [0.717, 1.165) is 11.1 Å². The van der Waals surface area contributed by atoms with Crippen LogP contribution < -0.4 is 0 Å². The summed E-state index contributed by atoms with van der Waals surface area (Å²) in [7, 11) is 0. The lowest BCUT2D eigenvalue weighted by Gasteiger charge is -2.24. The maximum Gasteiger partial charge on any atom is 0.255 e. The maximum atomic E-state index is 12.3. The second kappa shape index (κ2) is 4.30. The Labute approximate surface area is 107 Å². The molecule has 0 bridgehead atoms. The quantitative estimate of drug-likeness (QED) is 0.784. The lowest BCUT2D eigenvalue weighted by atomic mass is 10.1. The van der Waals surface area contributed by atoms with Crippen LogP contribution in [-0.4, -0.2) is 10.8 Å². The van der Waals surface area contributed by atoms with E-state index in [-0.39, 0.29) is 11.9 Å². The Bertz CT molecular complexity index is 577. The number of nitrogens with zero attached hydrogens (tertiary/aromatic N) is 1. The summed E-state index contributed by atoms with van der Waals surface area (Å²) in [6.45, 7) is 2.80. The Morgan fingerprint density at radius 2 is 1.67 bits per heavy atom. The fourth-order valence-electron chi connectivity index (χ4n) is 2.50. The smallest absolute Gasteiger partial charge is 0.255 e. The zero-order chi connectivity index (χ0) is 12.5. The van der Waals surface area contributed by atoms with E-state index < -0.39 is 0 Å². The van der Waals surface area contributed by atoms with Crippen LogP contribution in [0.5, 0.6) is 0 Å². The van der Waals surface area contributed by atoms with Crippen molar-refractivity contribution in [2.24, 2.45) is 0 Å². The molecule has 2 heteroatoms. The largest absolute Gasteiger partial charge is 0.328 e. The molecular weight excluding hydrogens is 222 g/mol. The van der Waals surface area contributed by atoms with Crippen molar-refractivity contribution in [3.8, 4) is 0 Å². The van der Waals surface area contributed by atoms with Gasteiger partial charge in [-0.05, 0) is 24.1 Å². The molecule has 0 saturated heterocycles. The molecular formula is C16H15NO. The Kier molecular flexibility index (Phi) is 2.63. The third kappa shape index (κ3) is 1.70. The van der Waals surface area contributed by atoms with E-state index in [0.29, 0.717) is 6.54 Å². The Balaban J connectivity index is 1.91. The summed E-state index contributed by atoms with van der Waals surface area (Å²) in [5.41, 5.74) is 3.16. The minimum atomic E-state index is 0.117. The Morgan fingerprint density at radius 1 is 1.00 bits per heavy atom. The van der Waals surface area contributed by atoms with Gasteiger partial charge >= 0.3 is 0 Å². The number of carbonyl (C=O) groups excluding carboxylic acids is 1. The van der Waals surface area contributed by atoms with Crippen LogP contribution in [0.25, 0.3) is 0 Å². The zero-order valence-corrected chi connectivity index (χ0v) is 10.3. The Morgan fingerprint density at radius 3 is 2.39 bits per heavy atom. The number of amides is 1. The molecule has 90 valence electrons. The van der Waals surface area contributed by atoms with Crippen molar-refractivity contribution in [3.05, 3.63) is 71.3 Å². The van der Waals surface area contributed by atoms with E-state index in [1.165, 1.54) is 5.56 Å². The summed E-state index contributed by atoms with van der Waals surface area (Å²) in [5, 5.41) is 0. The van der Waals surface area contributed by atoms with Crippen molar-refractivity contribution < 1.29 is 4.79 Å². The molecule has 0 radical (unpaired) electrons. The molecule has 18 heavy (non-hydrogen) atoms. The first-order valence-electron chi connectivity index (χ1n) is 6.21. The van der Waals surface area contributed by atoms with Crippen LogP contribution in [0, 0.1) is 0 Å². The molecule has 2 aromatic rings. The number of hydrogen-bond acceptors (Lipinski definition) is 1. The average Bonchev–Trinajstić information content (AvgIpc) is 2.77. The molecule has 2 aromatic carbocycles. The molecule has 0 spiro atoms.